The lowest BCUT2D eigenvalue weighted by atomic mass is 10.0. The van der Waals surface area contributed by atoms with Crippen molar-refractivity contribution < 1.29 is 8.42 Å². The highest BCUT2D eigenvalue weighted by atomic mass is 32.2. The molecule has 0 aliphatic carbocycles. The summed E-state index contributed by atoms with van der Waals surface area (Å²) in [5.74, 6) is 0. The minimum atomic E-state index is -3.71. The summed E-state index contributed by atoms with van der Waals surface area (Å²) in [5, 5.41) is 1.65. The highest BCUT2D eigenvalue weighted by Crippen LogP contribution is 2.36. The van der Waals surface area contributed by atoms with Crippen molar-refractivity contribution in [3.63, 3.8) is 0 Å². The summed E-state index contributed by atoms with van der Waals surface area (Å²) in [4.78, 5) is 2.69. The van der Waals surface area contributed by atoms with E-state index in [-0.39, 0.29) is 0 Å². The second-order valence-electron chi connectivity index (χ2n) is 7.64. The van der Waals surface area contributed by atoms with Gasteiger partial charge in [-0.3, -0.25) is 4.72 Å². The Kier molecular flexibility index (Phi) is 4.79. The summed E-state index contributed by atoms with van der Waals surface area (Å²) in [6.07, 6.45) is 2.37. The molecule has 0 aromatic heterocycles. The van der Waals surface area contributed by atoms with E-state index in [0.717, 1.165) is 35.0 Å². The molecule has 1 aliphatic heterocycles. The molecule has 4 rings (SSSR count). The van der Waals surface area contributed by atoms with Gasteiger partial charge in [-0.15, -0.1) is 0 Å². The van der Waals surface area contributed by atoms with Crippen LogP contribution in [-0.2, 0) is 10.0 Å². The second kappa shape index (κ2) is 7.13. The third-order valence-electron chi connectivity index (χ3n) is 5.63. The summed E-state index contributed by atoms with van der Waals surface area (Å²) < 4.78 is 29.5. The van der Waals surface area contributed by atoms with Crippen LogP contribution in [0.1, 0.15) is 29.5 Å². The number of nitrogens with one attached hydrogen (secondary N) is 1. The van der Waals surface area contributed by atoms with E-state index in [1.807, 2.05) is 44.2 Å². The molecule has 146 valence electrons. The minimum absolute atomic E-state index is 0.313. The van der Waals surface area contributed by atoms with Crippen LogP contribution in [0.25, 0.3) is 10.8 Å². The van der Waals surface area contributed by atoms with Crippen molar-refractivity contribution in [3.05, 3.63) is 65.2 Å². The molecule has 0 atom stereocenters. The lowest BCUT2D eigenvalue weighted by Crippen LogP contribution is -2.22. The molecule has 0 spiro atoms. The number of anilines is 2. The van der Waals surface area contributed by atoms with Crippen molar-refractivity contribution in [3.8, 4) is 0 Å². The van der Waals surface area contributed by atoms with E-state index in [2.05, 4.69) is 22.6 Å². The largest absolute Gasteiger partial charge is 0.371 e. The van der Waals surface area contributed by atoms with Gasteiger partial charge >= 0.3 is 0 Å². The molecule has 0 saturated carbocycles. The molecule has 0 bridgehead atoms. The number of hydrogen-bond acceptors (Lipinski definition) is 3. The summed E-state index contributed by atoms with van der Waals surface area (Å²) in [6.45, 7) is 8.15. The Morgan fingerprint density at radius 1 is 0.893 bits per heavy atom. The lowest BCUT2D eigenvalue weighted by molar-refractivity contribution is 0.602. The SMILES string of the molecule is Cc1cc(C)c(N2CCCC2)c(C)c1NS(=O)(=O)c1cccc2ccccc12. The number of nitrogens with zero attached hydrogens (tertiary/aromatic N) is 1. The molecule has 0 unspecified atom stereocenters. The Bertz CT molecular complexity index is 1140. The molecule has 1 fully saturated rings. The monoisotopic (exact) mass is 394 g/mol. The molecule has 4 nitrogen and oxygen atoms in total. The smallest absolute Gasteiger partial charge is 0.262 e. The first-order chi connectivity index (χ1) is 13.4. The molecule has 0 amide bonds. The predicted molar refractivity (Wildman–Crippen MR) is 117 cm³/mol. The Balaban J connectivity index is 1.81. The number of sulfonamides is 1. The van der Waals surface area contributed by atoms with Crippen molar-refractivity contribution in [2.75, 3.05) is 22.7 Å². The molecule has 28 heavy (non-hydrogen) atoms. The van der Waals surface area contributed by atoms with Crippen LogP contribution in [0.3, 0.4) is 0 Å². The summed E-state index contributed by atoms with van der Waals surface area (Å²) in [7, 11) is -3.71. The van der Waals surface area contributed by atoms with Gasteiger partial charge in [0, 0.05) is 24.2 Å². The average molecular weight is 395 g/mol. The maximum Gasteiger partial charge on any atom is 0.262 e. The summed E-state index contributed by atoms with van der Waals surface area (Å²) >= 11 is 0. The van der Waals surface area contributed by atoms with Crippen LogP contribution in [0.4, 0.5) is 11.4 Å². The van der Waals surface area contributed by atoms with Gasteiger partial charge in [-0.1, -0.05) is 42.5 Å². The topological polar surface area (TPSA) is 49.4 Å². The van der Waals surface area contributed by atoms with Gasteiger partial charge in [0.05, 0.1) is 10.6 Å². The quantitative estimate of drug-likeness (QED) is 0.664. The van der Waals surface area contributed by atoms with Gasteiger partial charge in [0.1, 0.15) is 0 Å². The van der Waals surface area contributed by atoms with E-state index in [1.54, 1.807) is 12.1 Å². The van der Waals surface area contributed by atoms with Crippen LogP contribution in [0, 0.1) is 20.8 Å². The van der Waals surface area contributed by atoms with Gasteiger partial charge < -0.3 is 4.90 Å². The van der Waals surface area contributed by atoms with E-state index < -0.39 is 10.0 Å². The van der Waals surface area contributed by atoms with Gasteiger partial charge in [-0.2, -0.15) is 0 Å². The van der Waals surface area contributed by atoms with Crippen LogP contribution in [0.15, 0.2) is 53.4 Å². The number of hydrogen-bond donors (Lipinski definition) is 1. The van der Waals surface area contributed by atoms with Gasteiger partial charge in [-0.25, -0.2) is 8.42 Å². The fourth-order valence-electron chi connectivity index (χ4n) is 4.38. The maximum absolute atomic E-state index is 13.3. The highest BCUT2D eigenvalue weighted by molar-refractivity contribution is 7.93. The first-order valence-corrected chi connectivity index (χ1v) is 11.2. The van der Waals surface area contributed by atoms with E-state index >= 15 is 0 Å². The molecule has 1 heterocycles. The van der Waals surface area contributed by atoms with Crippen LogP contribution >= 0.6 is 0 Å². The van der Waals surface area contributed by atoms with Crippen molar-refractivity contribution in [2.45, 2.75) is 38.5 Å². The number of benzene rings is 3. The van der Waals surface area contributed by atoms with Crippen molar-refractivity contribution >= 4 is 32.2 Å². The van der Waals surface area contributed by atoms with Crippen LogP contribution in [0.2, 0.25) is 0 Å². The number of aryl methyl sites for hydroxylation is 2. The molecule has 5 heteroatoms. The summed E-state index contributed by atoms with van der Waals surface area (Å²) in [5.41, 5.74) is 5.01. The first kappa shape index (κ1) is 18.8. The minimum Gasteiger partial charge on any atom is -0.371 e. The Hall–Kier alpha value is -2.53. The van der Waals surface area contributed by atoms with E-state index in [0.29, 0.717) is 10.6 Å². The van der Waals surface area contributed by atoms with E-state index in [4.69, 9.17) is 0 Å². The van der Waals surface area contributed by atoms with Gasteiger partial charge in [-0.05, 0) is 61.8 Å². The van der Waals surface area contributed by atoms with E-state index in [1.165, 1.54) is 24.1 Å². The normalized spacial score (nSPS) is 14.6. The molecular weight excluding hydrogens is 368 g/mol. The predicted octanol–water partition coefficient (Wildman–Crippen LogP) is 5.17. The van der Waals surface area contributed by atoms with Crippen molar-refractivity contribution in [1.82, 2.24) is 0 Å². The van der Waals surface area contributed by atoms with Crippen molar-refractivity contribution in [1.29, 1.82) is 0 Å². The second-order valence-corrected chi connectivity index (χ2v) is 9.29. The lowest BCUT2D eigenvalue weighted by Gasteiger charge is -2.26. The van der Waals surface area contributed by atoms with Gasteiger partial charge in [0.25, 0.3) is 10.0 Å². The zero-order chi connectivity index (χ0) is 19.9. The molecule has 3 aromatic rings. The fourth-order valence-corrected chi connectivity index (χ4v) is 5.80. The summed E-state index contributed by atoms with van der Waals surface area (Å²) in [6, 6.07) is 15.1. The zero-order valence-corrected chi connectivity index (χ0v) is 17.4. The third kappa shape index (κ3) is 3.24. The Labute approximate surface area is 167 Å². The van der Waals surface area contributed by atoms with Crippen LogP contribution in [0.5, 0.6) is 0 Å². The zero-order valence-electron chi connectivity index (χ0n) is 16.6. The number of fused-ring (bicyclic) bond motifs is 1. The fraction of sp³-hybridized carbons (Fsp3) is 0.304. The number of rotatable bonds is 4. The standard InChI is InChI=1S/C23H26N2O2S/c1-16-15-17(2)23(25-13-6-7-14-25)18(3)22(16)24-28(26,27)21-12-8-10-19-9-4-5-11-20(19)21/h4-5,8-12,15,24H,6-7,13-14H2,1-3H3. The molecule has 1 saturated heterocycles. The van der Waals surface area contributed by atoms with Crippen molar-refractivity contribution in [2.24, 2.45) is 0 Å². The van der Waals surface area contributed by atoms with Crippen LogP contribution in [-0.4, -0.2) is 21.5 Å². The first-order valence-electron chi connectivity index (χ1n) is 9.75. The molecule has 1 aliphatic rings. The molecule has 0 radical (unpaired) electrons. The Morgan fingerprint density at radius 3 is 2.32 bits per heavy atom. The van der Waals surface area contributed by atoms with Crippen LogP contribution < -0.4 is 9.62 Å². The average Bonchev–Trinajstić information content (AvgIpc) is 3.19. The Morgan fingerprint density at radius 2 is 1.57 bits per heavy atom. The van der Waals surface area contributed by atoms with Gasteiger partial charge in [0.15, 0.2) is 0 Å². The highest BCUT2D eigenvalue weighted by Gasteiger charge is 2.23. The van der Waals surface area contributed by atoms with E-state index in [9.17, 15) is 8.42 Å². The van der Waals surface area contributed by atoms with Gasteiger partial charge in [0.2, 0.25) is 0 Å². The third-order valence-corrected chi connectivity index (χ3v) is 7.04. The molecular formula is C23H26N2O2S. The molecule has 1 N–H and O–H groups in total. The maximum atomic E-state index is 13.3. The molecule has 3 aromatic carbocycles.